The van der Waals surface area contributed by atoms with E-state index in [0.717, 1.165) is 0 Å². The van der Waals surface area contributed by atoms with Crippen molar-refractivity contribution in [3.05, 3.63) is 35.9 Å². The molecule has 0 fully saturated rings. The zero-order valence-electron chi connectivity index (χ0n) is 8.29. The Morgan fingerprint density at radius 3 is 2.43 bits per heavy atom. The number of alkyl halides is 1. The largest absolute Gasteiger partial charge is 0.452 e. The molecule has 1 rings (SSSR count). The molecule has 3 heteroatoms. The summed E-state index contributed by atoms with van der Waals surface area (Å²) in [5.41, 5.74) is -0.495. The highest BCUT2D eigenvalue weighted by atomic mass is 19.1. The first kappa shape index (κ1) is 10.7. The highest BCUT2D eigenvalue weighted by Gasteiger charge is 2.29. The topological polar surface area (TPSA) is 26.3 Å². The van der Waals surface area contributed by atoms with Crippen molar-refractivity contribution >= 4 is 5.97 Å². The van der Waals surface area contributed by atoms with Gasteiger partial charge in [0, 0.05) is 6.92 Å². The molecular weight excluding hydrogens is 183 g/mol. The van der Waals surface area contributed by atoms with Gasteiger partial charge in [-0.25, -0.2) is 4.39 Å². The summed E-state index contributed by atoms with van der Waals surface area (Å²) in [5, 5.41) is 0. The molecule has 1 atom stereocenters. The number of halogens is 1. The molecular formula is C11H13FO2. The van der Waals surface area contributed by atoms with E-state index in [4.69, 9.17) is 4.74 Å². The van der Waals surface area contributed by atoms with E-state index >= 15 is 0 Å². The van der Waals surface area contributed by atoms with E-state index < -0.39 is 18.2 Å². The highest BCUT2D eigenvalue weighted by Crippen LogP contribution is 2.25. The lowest BCUT2D eigenvalue weighted by Crippen LogP contribution is -2.30. The van der Waals surface area contributed by atoms with Crippen molar-refractivity contribution < 1.29 is 13.9 Å². The minimum atomic E-state index is -1.16. The molecule has 0 aliphatic heterocycles. The molecule has 1 unspecified atom stereocenters. The molecule has 1 aromatic carbocycles. The van der Waals surface area contributed by atoms with E-state index in [1.54, 1.807) is 31.2 Å². The molecule has 0 radical (unpaired) electrons. The van der Waals surface area contributed by atoms with Crippen molar-refractivity contribution in [2.24, 2.45) is 0 Å². The molecule has 0 bridgehead atoms. The van der Waals surface area contributed by atoms with E-state index in [2.05, 4.69) is 0 Å². The van der Waals surface area contributed by atoms with Gasteiger partial charge < -0.3 is 4.74 Å². The Hall–Kier alpha value is -1.38. The van der Waals surface area contributed by atoms with Gasteiger partial charge in [0.25, 0.3) is 0 Å². The third kappa shape index (κ3) is 2.31. The van der Waals surface area contributed by atoms with Crippen molar-refractivity contribution in [1.82, 2.24) is 0 Å². The third-order valence-corrected chi connectivity index (χ3v) is 2.01. The maximum Gasteiger partial charge on any atom is 0.303 e. The van der Waals surface area contributed by atoms with Crippen LogP contribution in [0.4, 0.5) is 4.39 Å². The second kappa shape index (κ2) is 4.22. The molecule has 0 amide bonds. The minimum absolute atomic E-state index is 0.478. The summed E-state index contributed by atoms with van der Waals surface area (Å²) < 4.78 is 17.8. The molecule has 1 aromatic rings. The van der Waals surface area contributed by atoms with Gasteiger partial charge in [0.1, 0.15) is 6.67 Å². The van der Waals surface area contributed by atoms with Gasteiger partial charge in [-0.3, -0.25) is 4.79 Å². The first-order valence-corrected chi connectivity index (χ1v) is 4.39. The van der Waals surface area contributed by atoms with E-state index in [-0.39, 0.29) is 0 Å². The summed E-state index contributed by atoms with van der Waals surface area (Å²) in [7, 11) is 0. The van der Waals surface area contributed by atoms with E-state index in [1.165, 1.54) is 6.92 Å². The maximum absolute atomic E-state index is 12.8. The molecule has 0 aliphatic carbocycles. The van der Waals surface area contributed by atoms with Crippen LogP contribution in [0, 0.1) is 0 Å². The average molecular weight is 196 g/mol. The molecule has 0 heterocycles. The van der Waals surface area contributed by atoms with E-state index in [9.17, 15) is 9.18 Å². The van der Waals surface area contributed by atoms with Crippen molar-refractivity contribution in [1.29, 1.82) is 0 Å². The van der Waals surface area contributed by atoms with Crippen LogP contribution >= 0.6 is 0 Å². The maximum atomic E-state index is 12.8. The lowest BCUT2D eigenvalue weighted by atomic mass is 9.97. The Bertz CT molecular complexity index is 310. The molecule has 0 N–H and O–H groups in total. The quantitative estimate of drug-likeness (QED) is 0.694. The van der Waals surface area contributed by atoms with Crippen LogP contribution < -0.4 is 0 Å². The van der Waals surface area contributed by atoms with Crippen molar-refractivity contribution in [3.63, 3.8) is 0 Å². The Labute approximate surface area is 82.7 Å². The van der Waals surface area contributed by atoms with Crippen LogP contribution in [0.15, 0.2) is 30.3 Å². The average Bonchev–Trinajstić information content (AvgIpc) is 2.18. The van der Waals surface area contributed by atoms with E-state index in [1.807, 2.05) is 6.07 Å². The summed E-state index contributed by atoms with van der Waals surface area (Å²) in [6, 6.07) is 8.88. The number of ether oxygens (including phenoxy) is 1. The van der Waals surface area contributed by atoms with Gasteiger partial charge in [0.2, 0.25) is 0 Å². The number of hydrogen-bond acceptors (Lipinski definition) is 2. The zero-order valence-corrected chi connectivity index (χ0v) is 8.29. The fourth-order valence-electron chi connectivity index (χ4n) is 1.27. The van der Waals surface area contributed by atoms with Gasteiger partial charge in [-0.1, -0.05) is 30.3 Å². The SMILES string of the molecule is CC(=O)OC(C)(CF)c1ccccc1. The number of carbonyl (C=O) groups is 1. The summed E-state index contributed by atoms with van der Waals surface area (Å²) in [6.45, 7) is 2.11. The van der Waals surface area contributed by atoms with Crippen LogP contribution in [0.3, 0.4) is 0 Å². The van der Waals surface area contributed by atoms with Gasteiger partial charge in [0.05, 0.1) is 0 Å². The first-order chi connectivity index (χ1) is 6.58. The summed E-state index contributed by atoms with van der Waals surface area (Å²) in [4.78, 5) is 10.8. The predicted octanol–water partition coefficient (Wildman–Crippen LogP) is 2.43. The Balaban J connectivity index is 2.95. The number of carbonyl (C=O) groups excluding carboxylic acids is 1. The van der Waals surface area contributed by atoms with E-state index in [0.29, 0.717) is 5.56 Å². The predicted molar refractivity (Wildman–Crippen MR) is 51.5 cm³/mol. The van der Waals surface area contributed by atoms with Crippen LogP contribution in [-0.2, 0) is 15.1 Å². The normalized spacial score (nSPS) is 14.5. The lowest BCUT2D eigenvalue weighted by molar-refractivity contribution is -0.158. The van der Waals surface area contributed by atoms with Crippen molar-refractivity contribution in [2.45, 2.75) is 19.4 Å². The van der Waals surface area contributed by atoms with Gasteiger partial charge in [-0.05, 0) is 12.5 Å². The fourth-order valence-corrected chi connectivity index (χ4v) is 1.27. The van der Waals surface area contributed by atoms with Gasteiger partial charge in [-0.2, -0.15) is 0 Å². The standard InChI is InChI=1S/C11H13FO2/c1-9(13)14-11(2,8-12)10-6-4-3-5-7-10/h3-7H,8H2,1-2H3. The summed E-state index contributed by atoms with van der Waals surface area (Å²) >= 11 is 0. The molecule has 14 heavy (non-hydrogen) atoms. The van der Waals surface area contributed by atoms with Crippen LogP contribution in [0.5, 0.6) is 0 Å². The number of benzene rings is 1. The first-order valence-electron chi connectivity index (χ1n) is 4.39. The number of esters is 1. The molecule has 0 saturated carbocycles. The molecule has 0 aromatic heterocycles. The zero-order chi connectivity index (χ0) is 10.6. The highest BCUT2D eigenvalue weighted by molar-refractivity contribution is 5.66. The fraction of sp³-hybridized carbons (Fsp3) is 0.364. The van der Waals surface area contributed by atoms with Crippen LogP contribution in [-0.4, -0.2) is 12.6 Å². The Morgan fingerprint density at radius 1 is 1.43 bits per heavy atom. The number of rotatable bonds is 3. The van der Waals surface area contributed by atoms with Crippen LogP contribution in [0.25, 0.3) is 0 Å². The summed E-state index contributed by atoms with van der Waals surface area (Å²) in [6.07, 6.45) is 0. The molecule has 0 aliphatic rings. The molecule has 2 nitrogen and oxygen atoms in total. The smallest absolute Gasteiger partial charge is 0.303 e. The molecule has 76 valence electrons. The van der Waals surface area contributed by atoms with Crippen LogP contribution in [0.2, 0.25) is 0 Å². The van der Waals surface area contributed by atoms with Crippen LogP contribution in [0.1, 0.15) is 19.4 Å². The van der Waals surface area contributed by atoms with Crippen molar-refractivity contribution in [3.8, 4) is 0 Å². The second-order valence-electron chi connectivity index (χ2n) is 3.32. The third-order valence-electron chi connectivity index (χ3n) is 2.01. The Kier molecular flexibility index (Phi) is 3.23. The van der Waals surface area contributed by atoms with Gasteiger partial charge in [0.15, 0.2) is 5.60 Å². The van der Waals surface area contributed by atoms with Gasteiger partial charge in [-0.15, -0.1) is 0 Å². The minimum Gasteiger partial charge on any atom is -0.452 e. The molecule has 0 saturated heterocycles. The monoisotopic (exact) mass is 196 g/mol. The number of hydrogen-bond donors (Lipinski definition) is 0. The lowest BCUT2D eigenvalue weighted by Gasteiger charge is -2.26. The second-order valence-corrected chi connectivity index (χ2v) is 3.32. The Morgan fingerprint density at radius 2 is 2.00 bits per heavy atom. The van der Waals surface area contributed by atoms with Gasteiger partial charge >= 0.3 is 5.97 Å². The molecule has 0 spiro atoms. The summed E-state index contributed by atoms with van der Waals surface area (Å²) in [5.74, 6) is -0.478. The van der Waals surface area contributed by atoms with Crippen molar-refractivity contribution in [2.75, 3.05) is 6.67 Å².